The van der Waals surface area contributed by atoms with Crippen molar-refractivity contribution in [1.29, 1.82) is 0 Å². The van der Waals surface area contributed by atoms with Crippen LogP contribution in [0.25, 0.3) is 22.7 Å². The summed E-state index contributed by atoms with van der Waals surface area (Å²) in [7, 11) is -2.30. The van der Waals surface area contributed by atoms with Crippen molar-refractivity contribution in [3.63, 3.8) is 0 Å². The molecule has 1 aliphatic carbocycles. The maximum atomic E-state index is 13.0. The zero-order chi connectivity index (χ0) is 27.6. The normalized spacial score (nSPS) is 19.1. The number of aliphatic hydroxyl groups is 1. The summed E-state index contributed by atoms with van der Waals surface area (Å²) in [6.45, 7) is 2.22. The molecule has 0 amide bonds. The van der Waals surface area contributed by atoms with Gasteiger partial charge in [-0.15, -0.1) is 0 Å². The van der Waals surface area contributed by atoms with Crippen LogP contribution >= 0.6 is 0 Å². The number of methoxy groups -OCH3 is 1. The molecule has 0 unspecified atom stereocenters. The van der Waals surface area contributed by atoms with Crippen molar-refractivity contribution >= 4 is 38.7 Å². The first-order valence-corrected chi connectivity index (χ1v) is 14.2. The highest BCUT2D eigenvalue weighted by molar-refractivity contribution is 7.92. The number of nitrogens with one attached hydrogen (secondary N) is 1. The zero-order valence-electron chi connectivity index (χ0n) is 21.5. The molecule has 3 N–H and O–H groups in total. The van der Waals surface area contributed by atoms with Gasteiger partial charge in [0, 0.05) is 0 Å². The number of sulfonamides is 1. The fourth-order valence-electron chi connectivity index (χ4n) is 4.66. The van der Waals surface area contributed by atoms with Crippen molar-refractivity contribution in [2.75, 3.05) is 24.2 Å². The Hall–Kier alpha value is -4.15. The van der Waals surface area contributed by atoms with Gasteiger partial charge < -0.3 is 19.7 Å². The van der Waals surface area contributed by atoms with E-state index in [0.717, 1.165) is 0 Å². The third-order valence-corrected chi connectivity index (χ3v) is 7.87. The summed E-state index contributed by atoms with van der Waals surface area (Å²) in [6.07, 6.45) is 4.90. The number of anilines is 1. The number of hydrogen-bond acceptors (Lipinski definition) is 10. The third kappa shape index (κ3) is 5.67. The van der Waals surface area contributed by atoms with E-state index in [4.69, 9.17) is 9.47 Å². The van der Waals surface area contributed by atoms with Crippen LogP contribution in [0, 0.1) is 5.92 Å². The maximum absolute atomic E-state index is 13.0. The average Bonchev–Trinajstić information content (AvgIpc) is 3.28. The smallest absolute Gasteiger partial charge is 0.234 e. The van der Waals surface area contributed by atoms with Gasteiger partial charge in [-0.2, -0.15) is 0 Å². The molecule has 0 bridgehead atoms. The van der Waals surface area contributed by atoms with Crippen LogP contribution in [0.1, 0.15) is 38.4 Å². The summed E-state index contributed by atoms with van der Waals surface area (Å²) in [5, 5.41) is 20.6. The van der Waals surface area contributed by atoms with E-state index in [2.05, 4.69) is 36.1 Å². The van der Waals surface area contributed by atoms with Crippen LogP contribution in [-0.4, -0.2) is 69.6 Å². The van der Waals surface area contributed by atoms with Gasteiger partial charge in [-0.25, -0.2) is 28.4 Å². The Bertz CT molecular complexity index is 1640. The number of phenolic OH excluding ortho intramolecular Hbond substituents is 1. The largest absolute Gasteiger partial charge is 0.506 e. The fraction of sp³-hybridized carbons (Fsp3) is 0.385. The van der Waals surface area contributed by atoms with Crippen molar-refractivity contribution in [2.24, 2.45) is 10.9 Å². The van der Waals surface area contributed by atoms with E-state index in [9.17, 15) is 18.6 Å². The Labute approximate surface area is 225 Å². The highest BCUT2D eigenvalue weighted by Crippen LogP contribution is 2.36. The van der Waals surface area contributed by atoms with Crippen molar-refractivity contribution in [1.82, 2.24) is 19.5 Å². The molecule has 0 radical (unpaired) electrons. The lowest BCUT2D eigenvalue weighted by atomic mass is 9.89. The first kappa shape index (κ1) is 26.5. The topological polar surface area (TPSA) is 161 Å². The second-order valence-corrected chi connectivity index (χ2v) is 11.0. The summed E-state index contributed by atoms with van der Waals surface area (Å²) in [6, 6.07) is 4.76. The molecule has 13 heteroatoms. The molecule has 0 atom stereocenters. The van der Waals surface area contributed by atoms with Gasteiger partial charge in [0.1, 0.15) is 17.2 Å². The minimum absolute atomic E-state index is 0.00741. The molecule has 0 spiro atoms. The van der Waals surface area contributed by atoms with Gasteiger partial charge >= 0.3 is 0 Å². The molecule has 1 aliphatic heterocycles. The molecule has 39 heavy (non-hydrogen) atoms. The predicted octanol–water partition coefficient (Wildman–Crippen LogP) is 2.92. The third-order valence-electron chi connectivity index (χ3n) is 6.44. The van der Waals surface area contributed by atoms with Crippen LogP contribution in [0.15, 0.2) is 46.9 Å². The number of benzene rings is 1. The molecule has 1 aromatic carbocycles. The molecule has 0 saturated heterocycles. The summed E-state index contributed by atoms with van der Waals surface area (Å²) in [5.74, 6) is 0.547. The van der Waals surface area contributed by atoms with Crippen molar-refractivity contribution in [3.05, 3.63) is 47.8 Å². The molecule has 204 valence electrons. The van der Waals surface area contributed by atoms with Gasteiger partial charge in [-0.05, 0) is 56.4 Å². The highest BCUT2D eigenvalue weighted by Gasteiger charge is 2.27. The molecule has 5 rings (SSSR count). The highest BCUT2D eigenvalue weighted by atomic mass is 32.2. The number of fused-ring (bicyclic) bond motifs is 1. The van der Waals surface area contributed by atoms with E-state index in [1.807, 2.05) is 6.92 Å². The number of nitrogens with zero attached hydrogens (tertiary/aromatic N) is 5. The lowest BCUT2D eigenvalue weighted by Gasteiger charge is -2.25. The minimum atomic E-state index is -3.75. The fourth-order valence-corrected chi connectivity index (χ4v) is 6.11. The Balaban J connectivity index is 1.60. The van der Waals surface area contributed by atoms with Gasteiger partial charge in [0.2, 0.25) is 15.9 Å². The van der Waals surface area contributed by atoms with Crippen molar-refractivity contribution in [2.45, 2.75) is 38.7 Å². The Morgan fingerprint density at radius 1 is 1.21 bits per heavy atom. The number of imidazole rings is 1. The van der Waals surface area contributed by atoms with Gasteiger partial charge in [0.15, 0.2) is 28.6 Å². The predicted molar refractivity (Wildman–Crippen MR) is 144 cm³/mol. The monoisotopic (exact) mass is 552 g/mol. The van der Waals surface area contributed by atoms with E-state index in [-0.39, 0.29) is 57.8 Å². The van der Waals surface area contributed by atoms with Crippen LogP contribution in [0.4, 0.5) is 5.82 Å². The second kappa shape index (κ2) is 10.9. The standard InChI is InChI=1S/C26H28N6O6S/c1-3-38-22-9-4-6-18(28-22)25-30-24-26(32(25)23-19(34)7-5-8-20(23)37-2)29-21(14-27-24)31-39(35,36)15-16-10-12-17(33)13-11-16/h5,7-9,14,16-17,33-34H,3,10-13,15H2,1-2H3,(H,29,31)/t16-,17+. The van der Waals surface area contributed by atoms with Crippen molar-refractivity contribution < 1.29 is 28.1 Å². The number of aromatic hydroxyl groups is 1. The van der Waals surface area contributed by atoms with Crippen LogP contribution in [-0.2, 0) is 14.8 Å². The SMILES string of the molecule is CCOC1=NC(c2nc3ncc(NS(=O)(=O)C[C@H]4CC[C@@H](O)CC4)nc3n2-c2c(O)cccc2OC)=C=C=C1. The number of aromatic nitrogens is 4. The van der Waals surface area contributed by atoms with Gasteiger partial charge in [-0.3, -0.25) is 9.29 Å². The van der Waals surface area contributed by atoms with Crippen LogP contribution < -0.4 is 9.46 Å². The Morgan fingerprint density at radius 2 is 2.00 bits per heavy atom. The van der Waals surface area contributed by atoms with Gasteiger partial charge in [0.05, 0.1) is 37.8 Å². The number of rotatable bonds is 8. The average molecular weight is 553 g/mol. The van der Waals surface area contributed by atoms with E-state index in [1.54, 1.807) is 12.1 Å². The number of aliphatic hydroxyl groups excluding tert-OH is 1. The van der Waals surface area contributed by atoms with E-state index in [0.29, 0.717) is 43.9 Å². The summed E-state index contributed by atoms with van der Waals surface area (Å²) in [4.78, 5) is 17.9. The van der Waals surface area contributed by atoms with Crippen LogP contribution in [0.3, 0.4) is 0 Å². The van der Waals surface area contributed by atoms with Gasteiger partial charge in [-0.1, -0.05) is 11.8 Å². The number of hydrogen-bond donors (Lipinski definition) is 3. The second-order valence-electron chi connectivity index (χ2n) is 9.20. The lowest BCUT2D eigenvalue weighted by molar-refractivity contribution is 0.113. The summed E-state index contributed by atoms with van der Waals surface area (Å²) in [5.41, 5.74) is 6.55. The Kier molecular flexibility index (Phi) is 7.40. The number of phenols is 1. The Morgan fingerprint density at radius 3 is 2.74 bits per heavy atom. The molecule has 3 heterocycles. The molecule has 2 aliphatic rings. The summed E-state index contributed by atoms with van der Waals surface area (Å²) < 4.78 is 40.9. The lowest BCUT2D eigenvalue weighted by Crippen LogP contribution is -2.27. The first-order valence-electron chi connectivity index (χ1n) is 12.5. The molecule has 3 aromatic rings. The first-order chi connectivity index (χ1) is 18.8. The molecule has 2 aromatic heterocycles. The number of aliphatic imine (C=N–C) groups is 1. The number of ether oxygens (including phenoxy) is 2. The molecule has 12 nitrogen and oxygen atoms in total. The van der Waals surface area contributed by atoms with Crippen LogP contribution in [0.5, 0.6) is 11.5 Å². The van der Waals surface area contributed by atoms with E-state index < -0.39 is 10.0 Å². The maximum Gasteiger partial charge on any atom is 0.234 e. The molecular weight excluding hydrogens is 524 g/mol. The van der Waals surface area contributed by atoms with Gasteiger partial charge in [0.25, 0.3) is 0 Å². The molecule has 1 fully saturated rings. The molecule has 1 saturated carbocycles. The van der Waals surface area contributed by atoms with Crippen molar-refractivity contribution in [3.8, 4) is 17.2 Å². The van der Waals surface area contributed by atoms with E-state index >= 15 is 0 Å². The van der Waals surface area contributed by atoms with Crippen LogP contribution in [0.2, 0.25) is 0 Å². The molecular formula is C26H28N6O6S. The number of para-hydroxylation sites is 1. The zero-order valence-corrected chi connectivity index (χ0v) is 22.3. The quantitative estimate of drug-likeness (QED) is 0.357. The minimum Gasteiger partial charge on any atom is -0.506 e. The van der Waals surface area contributed by atoms with E-state index in [1.165, 1.54) is 30.0 Å². The summed E-state index contributed by atoms with van der Waals surface area (Å²) >= 11 is 0.